The van der Waals surface area contributed by atoms with Crippen LogP contribution in [0.25, 0.3) is 0 Å². The van der Waals surface area contributed by atoms with E-state index in [4.69, 9.17) is 4.74 Å². The van der Waals surface area contributed by atoms with Gasteiger partial charge in [0.15, 0.2) is 23.3 Å². The number of nitrogens with one attached hydrogen (secondary N) is 2. The third-order valence-electron chi connectivity index (χ3n) is 4.71. The molecular formula is C25H16F4N2O3. The van der Waals surface area contributed by atoms with Gasteiger partial charge in [-0.15, -0.1) is 0 Å². The van der Waals surface area contributed by atoms with Gasteiger partial charge in [0.1, 0.15) is 17.1 Å². The molecule has 9 heteroatoms. The highest BCUT2D eigenvalue weighted by Crippen LogP contribution is 2.31. The number of hydrogen-bond acceptors (Lipinski definition) is 4. The molecule has 0 heterocycles. The Balaban J connectivity index is 1.49. The van der Waals surface area contributed by atoms with E-state index in [1.807, 2.05) is 0 Å². The Morgan fingerprint density at radius 3 is 1.62 bits per heavy atom. The number of hydrogen-bond donors (Lipinski definition) is 3. The molecule has 34 heavy (non-hydrogen) atoms. The van der Waals surface area contributed by atoms with Crippen molar-refractivity contribution in [2.45, 2.75) is 0 Å². The molecule has 0 unspecified atom stereocenters. The molecule has 4 rings (SSSR count). The van der Waals surface area contributed by atoms with Crippen molar-refractivity contribution in [1.82, 2.24) is 0 Å². The van der Waals surface area contributed by atoms with Gasteiger partial charge in [0.05, 0.1) is 0 Å². The molecule has 0 bridgehead atoms. The minimum atomic E-state index is -1.25. The number of benzene rings is 4. The summed E-state index contributed by atoms with van der Waals surface area (Å²) in [6, 6.07) is 17.3. The maximum absolute atomic E-state index is 13.4. The Labute approximate surface area is 191 Å². The van der Waals surface area contributed by atoms with E-state index in [0.29, 0.717) is 22.8 Å². The summed E-state index contributed by atoms with van der Waals surface area (Å²) in [6.45, 7) is 0. The summed E-state index contributed by atoms with van der Waals surface area (Å²) in [6.07, 6.45) is 0. The number of carboxylic acids is 1. The Morgan fingerprint density at radius 2 is 1.09 bits per heavy atom. The van der Waals surface area contributed by atoms with Gasteiger partial charge in [-0.25, -0.2) is 22.4 Å². The first kappa shape index (κ1) is 22.7. The van der Waals surface area contributed by atoms with Gasteiger partial charge < -0.3 is 20.5 Å². The number of ether oxygens (including phenoxy) is 1. The lowest BCUT2D eigenvalue weighted by Crippen LogP contribution is -2.02. The zero-order valence-corrected chi connectivity index (χ0v) is 17.3. The summed E-state index contributed by atoms with van der Waals surface area (Å²) >= 11 is 0. The van der Waals surface area contributed by atoms with Gasteiger partial charge in [0.25, 0.3) is 0 Å². The zero-order chi connectivity index (χ0) is 24.2. The molecule has 0 atom stereocenters. The molecule has 0 spiro atoms. The highest BCUT2D eigenvalue weighted by atomic mass is 19.2. The summed E-state index contributed by atoms with van der Waals surface area (Å²) in [5, 5.41) is 15.3. The highest BCUT2D eigenvalue weighted by Gasteiger charge is 2.14. The van der Waals surface area contributed by atoms with Crippen LogP contribution in [0.5, 0.6) is 11.5 Å². The molecule has 172 valence electrons. The van der Waals surface area contributed by atoms with Crippen LogP contribution in [0.15, 0.2) is 78.9 Å². The Hall–Kier alpha value is -4.53. The number of carbonyl (C=O) groups is 1. The molecule has 5 nitrogen and oxygen atoms in total. The lowest BCUT2D eigenvalue weighted by Gasteiger charge is -2.13. The molecule has 0 radical (unpaired) electrons. The second-order valence-corrected chi connectivity index (χ2v) is 7.15. The molecule has 0 saturated heterocycles. The standard InChI is InChI=1S/C25H16F4N2O3/c26-20-8-3-16(12-22(20)28)30-14-1-6-18(7-2-14)34-24-10-5-15(11-19(24)25(32)33)31-17-4-9-21(27)23(29)13-17/h1-13,30-31H,(H,32,33). The number of rotatable bonds is 7. The first-order valence-electron chi connectivity index (χ1n) is 9.88. The molecule has 3 N–H and O–H groups in total. The van der Waals surface area contributed by atoms with E-state index in [1.165, 1.54) is 30.3 Å². The summed E-state index contributed by atoms with van der Waals surface area (Å²) < 4.78 is 58.6. The van der Waals surface area contributed by atoms with Crippen LogP contribution in [0, 0.1) is 23.3 Å². The molecule has 0 saturated carbocycles. The van der Waals surface area contributed by atoms with Crippen molar-refractivity contribution < 1.29 is 32.2 Å². The summed E-state index contributed by atoms with van der Waals surface area (Å²) in [5.74, 6) is -4.81. The third kappa shape index (κ3) is 5.26. The van der Waals surface area contributed by atoms with Crippen LogP contribution >= 0.6 is 0 Å². The Morgan fingerprint density at radius 1 is 0.618 bits per heavy atom. The molecule has 0 amide bonds. The summed E-state index contributed by atoms with van der Waals surface area (Å²) in [5.41, 5.74) is 1.35. The van der Waals surface area contributed by atoms with Gasteiger partial charge in [-0.1, -0.05) is 0 Å². The number of anilines is 4. The van der Waals surface area contributed by atoms with Crippen LogP contribution in [0.4, 0.5) is 40.3 Å². The lowest BCUT2D eigenvalue weighted by atomic mass is 10.1. The van der Waals surface area contributed by atoms with E-state index in [2.05, 4.69) is 10.6 Å². The van der Waals surface area contributed by atoms with E-state index in [0.717, 1.165) is 24.3 Å². The van der Waals surface area contributed by atoms with E-state index in [9.17, 15) is 27.5 Å². The fraction of sp³-hybridized carbons (Fsp3) is 0. The van der Waals surface area contributed by atoms with Gasteiger partial charge in [-0.05, 0) is 66.7 Å². The minimum Gasteiger partial charge on any atom is -0.478 e. The van der Waals surface area contributed by atoms with Crippen molar-refractivity contribution in [3.8, 4) is 11.5 Å². The van der Waals surface area contributed by atoms with Crippen molar-refractivity contribution in [3.05, 3.63) is 108 Å². The molecule has 4 aromatic rings. The van der Waals surface area contributed by atoms with Crippen LogP contribution in [0.1, 0.15) is 10.4 Å². The van der Waals surface area contributed by atoms with Crippen molar-refractivity contribution in [2.24, 2.45) is 0 Å². The second-order valence-electron chi connectivity index (χ2n) is 7.15. The predicted octanol–water partition coefficient (Wildman–Crippen LogP) is 7.22. The van der Waals surface area contributed by atoms with Crippen molar-refractivity contribution >= 4 is 28.7 Å². The number of aromatic carboxylic acids is 1. The maximum Gasteiger partial charge on any atom is 0.339 e. The van der Waals surface area contributed by atoms with E-state index < -0.39 is 29.2 Å². The maximum atomic E-state index is 13.4. The molecule has 0 aromatic heterocycles. The molecule has 0 aliphatic heterocycles. The second kappa shape index (κ2) is 9.53. The molecule has 4 aromatic carbocycles. The zero-order valence-electron chi connectivity index (χ0n) is 17.3. The third-order valence-corrected chi connectivity index (χ3v) is 4.71. The van der Waals surface area contributed by atoms with Crippen LogP contribution in [0.2, 0.25) is 0 Å². The van der Waals surface area contributed by atoms with Crippen molar-refractivity contribution in [1.29, 1.82) is 0 Å². The minimum absolute atomic E-state index is 0.0599. The topological polar surface area (TPSA) is 70.6 Å². The Kier molecular flexibility index (Phi) is 6.35. The van der Waals surface area contributed by atoms with Crippen LogP contribution in [-0.2, 0) is 0 Å². The van der Waals surface area contributed by atoms with E-state index in [-0.39, 0.29) is 17.0 Å². The average Bonchev–Trinajstić information content (AvgIpc) is 2.81. The van der Waals surface area contributed by atoms with Gasteiger partial charge in [-0.3, -0.25) is 0 Å². The van der Waals surface area contributed by atoms with Crippen molar-refractivity contribution in [3.63, 3.8) is 0 Å². The number of halogens is 4. The predicted molar refractivity (Wildman–Crippen MR) is 119 cm³/mol. The van der Waals surface area contributed by atoms with Crippen LogP contribution in [0.3, 0.4) is 0 Å². The summed E-state index contributed by atoms with van der Waals surface area (Å²) in [4.78, 5) is 11.7. The first-order chi connectivity index (χ1) is 16.3. The first-order valence-corrected chi connectivity index (χ1v) is 9.88. The Bertz CT molecular complexity index is 1360. The van der Waals surface area contributed by atoms with Gasteiger partial charge >= 0.3 is 5.97 Å². The van der Waals surface area contributed by atoms with Gasteiger partial charge in [0.2, 0.25) is 0 Å². The molecular weight excluding hydrogens is 452 g/mol. The highest BCUT2D eigenvalue weighted by molar-refractivity contribution is 5.92. The fourth-order valence-electron chi connectivity index (χ4n) is 3.08. The van der Waals surface area contributed by atoms with Crippen LogP contribution in [-0.4, -0.2) is 11.1 Å². The average molecular weight is 468 g/mol. The monoisotopic (exact) mass is 468 g/mol. The number of carboxylic acid groups (broad SMARTS) is 1. The molecule has 0 aliphatic rings. The van der Waals surface area contributed by atoms with Crippen molar-refractivity contribution in [2.75, 3.05) is 10.6 Å². The normalized spacial score (nSPS) is 10.6. The van der Waals surface area contributed by atoms with Crippen LogP contribution < -0.4 is 15.4 Å². The quantitative estimate of drug-likeness (QED) is 0.250. The lowest BCUT2D eigenvalue weighted by molar-refractivity contribution is 0.0694. The SMILES string of the molecule is O=C(O)c1cc(Nc2ccc(F)c(F)c2)ccc1Oc1ccc(Nc2ccc(F)c(F)c2)cc1. The molecule has 0 aliphatic carbocycles. The molecule has 0 fully saturated rings. The smallest absolute Gasteiger partial charge is 0.339 e. The van der Waals surface area contributed by atoms with E-state index >= 15 is 0 Å². The van der Waals surface area contributed by atoms with Gasteiger partial charge in [0, 0.05) is 34.9 Å². The van der Waals surface area contributed by atoms with Gasteiger partial charge in [-0.2, -0.15) is 0 Å². The van der Waals surface area contributed by atoms with E-state index in [1.54, 1.807) is 24.3 Å². The largest absolute Gasteiger partial charge is 0.478 e. The fourth-order valence-corrected chi connectivity index (χ4v) is 3.08. The summed E-state index contributed by atoms with van der Waals surface area (Å²) in [7, 11) is 0.